The van der Waals surface area contributed by atoms with E-state index in [1.54, 1.807) is 30.3 Å². The van der Waals surface area contributed by atoms with Crippen LogP contribution in [0.2, 0.25) is 0 Å². The molecular weight excluding hydrogens is 424 g/mol. The van der Waals surface area contributed by atoms with Gasteiger partial charge in [0.15, 0.2) is 0 Å². The van der Waals surface area contributed by atoms with Gasteiger partial charge in [-0.3, -0.25) is 9.69 Å². The molecule has 0 spiro atoms. The number of benzene rings is 2. The molecule has 7 nitrogen and oxygen atoms in total. The highest BCUT2D eigenvalue weighted by atomic mass is 32.2. The van der Waals surface area contributed by atoms with Crippen LogP contribution in [0.5, 0.6) is 0 Å². The van der Waals surface area contributed by atoms with Gasteiger partial charge < -0.3 is 10.2 Å². The minimum absolute atomic E-state index is 0.0477. The zero-order chi connectivity index (χ0) is 22.4. The molecule has 4 rings (SSSR count). The topological polar surface area (TPSA) is 81.8 Å². The Balaban J connectivity index is 1.15. The quantitative estimate of drug-likeness (QED) is 0.636. The van der Waals surface area contributed by atoms with Gasteiger partial charge in [-0.05, 0) is 49.4 Å². The van der Waals surface area contributed by atoms with Crippen LogP contribution in [0.25, 0.3) is 0 Å². The zero-order valence-corrected chi connectivity index (χ0v) is 19.1. The normalized spacial score (nSPS) is 20.4. The van der Waals surface area contributed by atoms with Crippen molar-refractivity contribution in [3.05, 3.63) is 60.7 Å². The SMILES string of the molecule is O=C(CN1CCC(NS(=O)(=O)c2ccccc2)CC1)NCC1CCN(c2ccccc2)C1. The average molecular weight is 457 g/mol. The first-order valence-corrected chi connectivity index (χ1v) is 12.8. The molecule has 0 aliphatic carbocycles. The number of hydrogen-bond donors (Lipinski definition) is 2. The number of nitrogens with zero attached hydrogens (tertiary/aromatic N) is 2. The number of sulfonamides is 1. The number of rotatable bonds is 8. The molecule has 1 amide bonds. The fourth-order valence-electron chi connectivity index (χ4n) is 4.49. The number of likely N-dealkylation sites (tertiary alicyclic amines) is 1. The third kappa shape index (κ3) is 6.09. The lowest BCUT2D eigenvalue weighted by atomic mass is 10.1. The van der Waals surface area contributed by atoms with Crippen molar-refractivity contribution < 1.29 is 13.2 Å². The molecule has 8 heteroatoms. The van der Waals surface area contributed by atoms with Crippen LogP contribution in [0, 0.1) is 5.92 Å². The van der Waals surface area contributed by atoms with Crippen LogP contribution in [0.4, 0.5) is 5.69 Å². The van der Waals surface area contributed by atoms with Crippen LogP contribution in [0.3, 0.4) is 0 Å². The highest BCUT2D eigenvalue weighted by Crippen LogP contribution is 2.23. The Morgan fingerprint density at radius 3 is 2.25 bits per heavy atom. The van der Waals surface area contributed by atoms with Crippen LogP contribution in [0.1, 0.15) is 19.3 Å². The summed E-state index contributed by atoms with van der Waals surface area (Å²) in [6.07, 6.45) is 2.49. The largest absolute Gasteiger partial charge is 0.371 e. The number of carbonyl (C=O) groups is 1. The van der Waals surface area contributed by atoms with Gasteiger partial charge in [-0.1, -0.05) is 36.4 Å². The first-order chi connectivity index (χ1) is 15.5. The van der Waals surface area contributed by atoms with Gasteiger partial charge in [0.05, 0.1) is 11.4 Å². The molecule has 2 fully saturated rings. The molecule has 172 valence electrons. The summed E-state index contributed by atoms with van der Waals surface area (Å²) >= 11 is 0. The second kappa shape index (κ2) is 10.5. The molecular formula is C24H32N4O3S. The lowest BCUT2D eigenvalue weighted by Gasteiger charge is -2.31. The monoisotopic (exact) mass is 456 g/mol. The summed E-state index contributed by atoms with van der Waals surface area (Å²) in [6.45, 7) is 4.48. The second-order valence-corrected chi connectivity index (χ2v) is 10.4. The third-order valence-electron chi connectivity index (χ3n) is 6.33. The Hall–Kier alpha value is -2.42. The average Bonchev–Trinajstić information content (AvgIpc) is 3.29. The number of hydrogen-bond acceptors (Lipinski definition) is 5. The summed E-state index contributed by atoms with van der Waals surface area (Å²) in [5.74, 6) is 0.517. The Morgan fingerprint density at radius 2 is 1.56 bits per heavy atom. The number of amides is 1. The van der Waals surface area contributed by atoms with Gasteiger partial charge in [0.25, 0.3) is 0 Å². The predicted molar refractivity (Wildman–Crippen MR) is 126 cm³/mol. The van der Waals surface area contributed by atoms with Crippen LogP contribution < -0.4 is 14.9 Å². The molecule has 1 atom stereocenters. The van der Waals surface area contributed by atoms with Crippen LogP contribution >= 0.6 is 0 Å². The fourth-order valence-corrected chi connectivity index (χ4v) is 5.81. The van der Waals surface area contributed by atoms with Gasteiger partial charge in [0.1, 0.15) is 0 Å². The van der Waals surface area contributed by atoms with E-state index in [4.69, 9.17) is 0 Å². The van der Waals surface area contributed by atoms with Crippen molar-refractivity contribution in [2.24, 2.45) is 5.92 Å². The molecule has 2 N–H and O–H groups in total. The smallest absolute Gasteiger partial charge is 0.240 e. The highest BCUT2D eigenvalue weighted by molar-refractivity contribution is 7.89. The maximum atomic E-state index is 12.5. The van der Waals surface area contributed by atoms with Gasteiger partial charge in [-0.2, -0.15) is 0 Å². The van der Waals surface area contributed by atoms with Crippen LogP contribution in [-0.4, -0.2) is 64.5 Å². The molecule has 0 saturated carbocycles. The van der Waals surface area contributed by atoms with E-state index < -0.39 is 10.0 Å². The van der Waals surface area contributed by atoms with Gasteiger partial charge in [0.2, 0.25) is 15.9 Å². The summed E-state index contributed by atoms with van der Waals surface area (Å²) in [5, 5.41) is 3.10. The standard InChI is InChI=1S/C24H32N4O3S/c29-24(25-17-20-11-16-28(18-20)22-7-3-1-4-8-22)19-27-14-12-21(13-15-27)26-32(30,31)23-9-5-2-6-10-23/h1-10,20-21,26H,11-19H2,(H,25,29). The van der Waals surface area contributed by atoms with Crippen molar-refractivity contribution in [1.29, 1.82) is 0 Å². The number of piperidine rings is 1. The lowest BCUT2D eigenvalue weighted by molar-refractivity contribution is -0.122. The number of anilines is 1. The molecule has 0 aromatic heterocycles. The molecule has 2 heterocycles. The third-order valence-corrected chi connectivity index (χ3v) is 7.86. The number of carbonyl (C=O) groups excluding carboxylic acids is 1. The van der Waals surface area contributed by atoms with E-state index in [1.807, 2.05) is 6.07 Å². The minimum atomic E-state index is -3.49. The highest BCUT2D eigenvalue weighted by Gasteiger charge is 2.26. The van der Waals surface area contributed by atoms with E-state index >= 15 is 0 Å². The van der Waals surface area contributed by atoms with Gasteiger partial charge in [-0.15, -0.1) is 0 Å². The van der Waals surface area contributed by atoms with E-state index in [0.29, 0.717) is 49.8 Å². The molecule has 32 heavy (non-hydrogen) atoms. The molecule has 2 aliphatic heterocycles. The Kier molecular flexibility index (Phi) is 7.44. The summed E-state index contributed by atoms with van der Waals surface area (Å²) in [4.78, 5) is 17.2. The molecule has 0 bridgehead atoms. The minimum Gasteiger partial charge on any atom is -0.371 e. The maximum Gasteiger partial charge on any atom is 0.240 e. The van der Waals surface area contributed by atoms with E-state index in [9.17, 15) is 13.2 Å². The summed E-state index contributed by atoms with van der Waals surface area (Å²) in [5.41, 5.74) is 1.24. The van der Waals surface area contributed by atoms with Crippen molar-refractivity contribution in [1.82, 2.24) is 14.9 Å². The molecule has 2 aliphatic rings. The summed E-state index contributed by atoms with van der Waals surface area (Å²) < 4.78 is 27.8. The van der Waals surface area contributed by atoms with Crippen molar-refractivity contribution in [3.63, 3.8) is 0 Å². The molecule has 0 radical (unpaired) electrons. The summed E-state index contributed by atoms with van der Waals surface area (Å²) in [6, 6.07) is 18.8. The Bertz CT molecular complexity index is 977. The van der Waals surface area contributed by atoms with Crippen LogP contribution in [-0.2, 0) is 14.8 Å². The zero-order valence-electron chi connectivity index (χ0n) is 18.3. The van der Waals surface area contributed by atoms with E-state index in [-0.39, 0.29) is 11.9 Å². The Morgan fingerprint density at radius 1 is 0.906 bits per heavy atom. The first kappa shape index (κ1) is 22.8. The van der Waals surface area contributed by atoms with Crippen molar-refractivity contribution in [2.45, 2.75) is 30.2 Å². The van der Waals surface area contributed by atoms with Crippen molar-refractivity contribution in [2.75, 3.05) is 44.2 Å². The van der Waals surface area contributed by atoms with Crippen molar-refractivity contribution >= 4 is 21.6 Å². The molecule has 1 unspecified atom stereocenters. The van der Waals surface area contributed by atoms with E-state index in [2.05, 4.69) is 44.1 Å². The molecule has 2 aromatic carbocycles. The van der Waals surface area contributed by atoms with Crippen LogP contribution in [0.15, 0.2) is 65.6 Å². The van der Waals surface area contributed by atoms with Gasteiger partial charge in [-0.25, -0.2) is 13.1 Å². The maximum absolute atomic E-state index is 12.5. The summed E-state index contributed by atoms with van der Waals surface area (Å²) in [7, 11) is -3.49. The second-order valence-electron chi connectivity index (χ2n) is 8.73. The lowest BCUT2D eigenvalue weighted by Crippen LogP contribution is -2.47. The number of nitrogens with one attached hydrogen (secondary N) is 2. The van der Waals surface area contributed by atoms with E-state index in [0.717, 1.165) is 19.5 Å². The molecule has 2 saturated heterocycles. The van der Waals surface area contributed by atoms with E-state index in [1.165, 1.54) is 5.69 Å². The van der Waals surface area contributed by atoms with Gasteiger partial charge >= 0.3 is 0 Å². The fraction of sp³-hybridized carbons (Fsp3) is 0.458. The molecule has 2 aromatic rings. The van der Waals surface area contributed by atoms with Gasteiger partial charge in [0, 0.05) is 44.5 Å². The predicted octanol–water partition coefficient (Wildman–Crippen LogP) is 2.07. The Labute approximate surface area is 190 Å². The number of para-hydroxylation sites is 1. The first-order valence-electron chi connectivity index (χ1n) is 11.4. The van der Waals surface area contributed by atoms with Crippen molar-refractivity contribution in [3.8, 4) is 0 Å².